The topological polar surface area (TPSA) is 92.8 Å². The summed E-state index contributed by atoms with van der Waals surface area (Å²) in [6.45, 7) is 8.30. The molecule has 1 saturated carbocycles. The average molecular weight is 549 g/mol. The Morgan fingerprint density at radius 3 is 2.54 bits per heavy atom. The molecule has 2 aromatic rings. The van der Waals surface area contributed by atoms with E-state index in [1.54, 1.807) is 23.3 Å². The van der Waals surface area contributed by atoms with Crippen molar-refractivity contribution in [1.82, 2.24) is 14.6 Å². The molecule has 1 aromatic heterocycles. The molecular weight excluding hydrogens is 508 g/mol. The molecule has 0 bridgehead atoms. The Morgan fingerprint density at radius 2 is 1.89 bits per heavy atom. The van der Waals surface area contributed by atoms with Crippen molar-refractivity contribution in [3.63, 3.8) is 0 Å². The van der Waals surface area contributed by atoms with Gasteiger partial charge in [0.25, 0.3) is 0 Å². The molecule has 204 valence electrons. The number of nitrogens with zero attached hydrogens (tertiary/aromatic N) is 2. The van der Waals surface area contributed by atoms with Gasteiger partial charge in [-0.2, -0.15) is 0 Å². The minimum absolute atomic E-state index is 0.117. The van der Waals surface area contributed by atoms with E-state index in [0.29, 0.717) is 11.6 Å². The summed E-state index contributed by atoms with van der Waals surface area (Å²) >= 11 is 3.40. The molecule has 2 N–H and O–H groups in total. The summed E-state index contributed by atoms with van der Waals surface area (Å²) in [5.74, 6) is 0.395. The number of thiazole rings is 1. The number of alkyl carbamates (subject to hydrolysis) is 1. The third-order valence-electron chi connectivity index (χ3n) is 6.47. The van der Waals surface area contributed by atoms with Gasteiger partial charge in [-0.25, -0.2) is 18.9 Å². The number of carbonyl (C=O) groups is 2. The van der Waals surface area contributed by atoms with E-state index in [1.807, 2.05) is 59.3 Å². The first kappa shape index (κ1) is 29.3. The molecule has 0 saturated heterocycles. The zero-order valence-electron chi connectivity index (χ0n) is 22.7. The molecule has 0 spiro atoms. The van der Waals surface area contributed by atoms with E-state index in [1.165, 1.54) is 0 Å². The van der Waals surface area contributed by atoms with Crippen molar-refractivity contribution in [2.45, 2.75) is 90.5 Å². The quantitative estimate of drug-likeness (QED) is 0.308. The maximum Gasteiger partial charge on any atom is 0.411 e. The fourth-order valence-electron chi connectivity index (χ4n) is 4.26. The maximum atomic E-state index is 12.2. The van der Waals surface area contributed by atoms with Crippen LogP contribution in [0.1, 0.15) is 76.3 Å². The molecule has 1 aromatic carbocycles. The third kappa shape index (κ3) is 8.90. The van der Waals surface area contributed by atoms with Gasteiger partial charge in [-0.15, -0.1) is 11.3 Å². The molecule has 3 rings (SSSR count). The smallest absolute Gasteiger partial charge is 0.411 e. The molecule has 10 heteroatoms. The van der Waals surface area contributed by atoms with Crippen LogP contribution in [0, 0.1) is 0 Å². The molecule has 8 nitrogen and oxygen atoms in total. The van der Waals surface area contributed by atoms with Crippen LogP contribution in [-0.2, 0) is 16.0 Å². The number of rotatable bonds is 10. The molecule has 1 atom stereocenters. The van der Waals surface area contributed by atoms with Crippen molar-refractivity contribution < 1.29 is 19.1 Å². The minimum Gasteiger partial charge on any atom is -0.447 e. The largest absolute Gasteiger partial charge is 0.447 e. The number of aromatic nitrogens is 1. The standard InChI is InChI=1S/C27H40N4O4S2/c1-7-18(4)35-27(33)30-22-12-13-23(20(14-22)16-31(5)36-6)24-15-28-25(37-24)19-8-10-21(11-9-19)29-26(32)34-17(2)3/h12-15,17-19,21H,7-11,16H2,1-6H3,(H,29,32)(H,30,33). The van der Waals surface area contributed by atoms with Gasteiger partial charge in [-0.05, 0) is 89.4 Å². The highest BCUT2D eigenvalue weighted by molar-refractivity contribution is 7.96. The van der Waals surface area contributed by atoms with E-state index >= 15 is 0 Å². The Morgan fingerprint density at radius 1 is 1.16 bits per heavy atom. The first-order chi connectivity index (χ1) is 17.7. The number of ether oxygens (including phenoxy) is 2. The van der Waals surface area contributed by atoms with Crippen LogP contribution in [0.2, 0.25) is 0 Å². The molecule has 0 radical (unpaired) electrons. The summed E-state index contributed by atoms with van der Waals surface area (Å²) < 4.78 is 12.7. The molecule has 1 aliphatic rings. The van der Waals surface area contributed by atoms with Gasteiger partial charge >= 0.3 is 12.2 Å². The van der Waals surface area contributed by atoms with Gasteiger partial charge in [-0.1, -0.05) is 24.9 Å². The lowest BCUT2D eigenvalue weighted by Crippen LogP contribution is -2.38. The van der Waals surface area contributed by atoms with Crippen LogP contribution in [0.3, 0.4) is 0 Å². The monoisotopic (exact) mass is 548 g/mol. The van der Waals surface area contributed by atoms with Crippen molar-refractivity contribution in [3.8, 4) is 10.4 Å². The lowest BCUT2D eigenvalue weighted by molar-refractivity contribution is 0.109. The van der Waals surface area contributed by atoms with Gasteiger partial charge < -0.3 is 14.8 Å². The summed E-state index contributed by atoms with van der Waals surface area (Å²) in [6.07, 6.45) is 7.59. The molecule has 1 heterocycles. The Balaban J connectivity index is 1.69. The molecule has 2 amide bonds. The predicted molar refractivity (Wildman–Crippen MR) is 152 cm³/mol. The predicted octanol–water partition coefficient (Wildman–Crippen LogP) is 7.03. The van der Waals surface area contributed by atoms with Crippen molar-refractivity contribution >= 4 is 41.2 Å². The van der Waals surface area contributed by atoms with Crippen molar-refractivity contribution in [2.75, 3.05) is 18.6 Å². The summed E-state index contributed by atoms with van der Waals surface area (Å²) in [5.41, 5.74) is 2.95. The van der Waals surface area contributed by atoms with E-state index in [4.69, 9.17) is 14.5 Å². The van der Waals surface area contributed by atoms with E-state index in [9.17, 15) is 9.59 Å². The normalized spacial score (nSPS) is 18.5. The zero-order valence-corrected chi connectivity index (χ0v) is 24.3. The number of carbonyl (C=O) groups excluding carboxylic acids is 2. The highest BCUT2D eigenvalue weighted by atomic mass is 32.2. The van der Waals surface area contributed by atoms with Crippen LogP contribution in [0.15, 0.2) is 24.4 Å². The summed E-state index contributed by atoms with van der Waals surface area (Å²) in [5, 5.41) is 7.00. The van der Waals surface area contributed by atoms with Gasteiger partial charge in [0.15, 0.2) is 0 Å². The first-order valence-electron chi connectivity index (χ1n) is 13.0. The number of benzene rings is 1. The van der Waals surface area contributed by atoms with Gasteiger partial charge in [0.05, 0.1) is 16.0 Å². The lowest BCUT2D eigenvalue weighted by Gasteiger charge is -2.28. The van der Waals surface area contributed by atoms with E-state index in [2.05, 4.69) is 21.0 Å². The van der Waals surface area contributed by atoms with E-state index in [-0.39, 0.29) is 24.3 Å². The van der Waals surface area contributed by atoms with Crippen molar-refractivity contribution in [2.24, 2.45) is 0 Å². The molecule has 1 aliphatic carbocycles. The molecule has 1 fully saturated rings. The SMILES string of the molecule is CCC(C)OC(=O)Nc1ccc(-c2cnc(C3CCC(NC(=O)OC(C)C)CC3)s2)c(CN(C)SC)c1. The number of nitrogens with one attached hydrogen (secondary N) is 2. The van der Waals surface area contributed by atoms with Crippen LogP contribution >= 0.6 is 23.3 Å². The second kappa shape index (κ2) is 14.0. The highest BCUT2D eigenvalue weighted by Crippen LogP contribution is 2.39. The highest BCUT2D eigenvalue weighted by Gasteiger charge is 2.26. The maximum absolute atomic E-state index is 12.2. The van der Waals surface area contributed by atoms with E-state index in [0.717, 1.165) is 59.7 Å². The van der Waals surface area contributed by atoms with Crippen LogP contribution in [0.4, 0.5) is 15.3 Å². The van der Waals surface area contributed by atoms with Crippen LogP contribution < -0.4 is 10.6 Å². The van der Waals surface area contributed by atoms with Crippen molar-refractivity contribution in [3.05, 3.63) is 35.0 Å². The van der Waals surface area contributed by atoms with E-state index < -0.39 is 6.09 Å². The molecular formula is C27H40N4O4S2. The number of hydrogen-bond donors (Lipinski definition) is 2. The Bertz CT molecular complexity index is 1040. The second-order valence-corrected chi connectivity index (χ2v) is 11.9. The van der Waals surface area contributed by atoms with Gasteiger partial charge in [0.2, 0.25) is 0 Å². The van der Waals surface area contributed by atoms with Crippen molar-refractivity contribution in [1.29, 1.82) is 0 Å². The summed E-state index contributed by atoms with van der Waals surface area (Å²) in [4.78, 5) is 30.1. The van der Waals surface area contributed by atoms with Crippen LogP contribution in [-0.4, -0.2) is 53.0 Å². The Kier molecular flexibility index (Phi) is 11.1. The summed E-state index contributed by atoms with van der Waals surface area (Å²) in [7, 11) is 2.05. The molecule has 0 aliphatic heterocycles. The van der Waals surface area contributed by atoms with Gasteiger partial charge in [0.1, 0.15) is 6.10 Å². The molecule has 1 unspecified atom stereocenters. The van der Waals surface area contributed by atoms with Gasteiger partial charge in [-0.3, -0.25) is 5.32 Å². The zero-order chi connectivity index (χ0) is 26.9. The Hall–Kier alpha value is -2.30. The van der Waals surface area contributed by atoms with Crippen LogP contribution in [0.25, 0.3) is 10.4 Å². The molecule has 37 heavy (non-hydrogen) atoms. The third-order valence-corrected chi connectivity index (χ3v) is 8.42. The van der Waals surface area contributed by atoms with Gasteiger partial charge in [0, 0.05) is 30.4 Å². The fourth-order valence-corrected chi connectivity index (χ4v) is 5.68. The summed E-state index contributed by atoms with van der Waals surface area (Å²) in [6, 6.07) is 6.15. The minimum atomic E-state index is -0.436. The lowest BCUT2D eigenvalue weighted by atomic mass is 9.86. The number of anilines is 1. The van der Waals surface area contributed by atoms with Crippen LogP contribution in [0.5, 0.6) is 0 Å². The second-order valence-electron chi connectivity index (χ2n) is 9.80. The average Bonchev–Trinajstić information content (AvgIpc) is 3.34. The Labute approximate surface area is 229 Å². The first-order valence-corrected chi connectivity index (χ1v) is 15.0. The fraction of sp³-hybridized carbons (Fsp3) is 0.593. The number of amides is 2. The number of hydrogen-bond acceptors (Lipinski definition) is 8.